The van der Waals surface area contributed by atoms with E-state index in [0.717, 1.165) is 25.5 Å². The van der Waals surface area contributed by atoms with Gasteiger partial charge in [-0.25, -0.2) is 0 Å². The van der Waals surface area contributed by atoms with Crippen molar-refractivity contribution >= 4 is 12.4 Å². The van der Waals surface area contributed by atoms with Gasteiger partial charge < -0.3 is 10.3 Å². The molecule has 0 saturated carbocycles. The zero-order valence-corrected chi connectivity index (χ0v) is 13.0. The lowest BCUT2D eigenvalue weighted by Gasteiger charge is -2.15. The topological polar surface area (TPSA) is 68.2 Å². The van der Waals surface area contributed by atoms with Crippen LogP contribution in [0.5, 0.6) is 0 Å². The van der Waals surface area contributed by atoms with Gasteiger partial charge in [0.05, 0.1) is 13.1 Å². The first-order valence-corrected chi connectivity index (χ1v) is 7.05. The van der Waals surface area contributed by atoms with E-state index in [1.165, 1.54) is 17.5 Å². The summed E-state index contributed by atoms with van der Waals surface area (Å²) in [5, 5.41) is 3.96. The van der Waals surface area contributed by atoms with Crippen molar-refractivity contribution in [1.82, 2.24) is 15.0 Å². The molecule has 1 atom stereocenters. The Kier molecular flexibility index (Phi) is 5.33. The average molecular weight is 309 g/mol. The minimum Gasteiger partial charge on any atom is -0.338 e. The van der Waals surface area contributed by atoms with E-state index in [1.807, 2.05) is 0 Å². The Morgan fingerprint density at radius 2 is 2.19 bits per heavy atom. The molecular weight excluding hydrogens is 288 g/mol. The molecule has 1 aromatic carbocycles. The molecule has 1 aromatic heterocycles. The standard InChI is InChI=1S/C15H20N4O.ClH/c1-11-4-2-3-5-13(11)12-6-7-19(9-12)10-14-17-15(8-16)20-18-14;/h2-5,12H,6-10,16H2,1H3;1H. The fourth-order valence-electron chi connectivity index (χ4n) is 2.91. The molecule has 2 N–H and O–H groups in total. The predicted molar refractivity (Wildman–Crippen MR) is 83.3 cm³/mol. The number of halogens is 1. The van der Waals surface area contributed by atoms with Gasteiger partial charge in [0.25, 0.3) is 0 Å². The van der Waals surface area contributed by atoms with Crippen LogP contribution in [0.2, 0.25) is 0 Å². The summed E-state index contributed by atoms with van der Waals surface area (Å²) < 4.78 is 5.04. The van der Waals surface area contributed by atoms with E-state index in [1.54, 1.807) is 0 Å². The number of rotatable bonds is 4. The zero-order chi connectivity index (χ0) is 13.9. The van der Waals surface area contributed by atoms with Crippen LogP contribution in [0.15, 0.2) is 28.8 Å². The third-order valence-corrected chi connectivity index (χ3v) is 3.95. The van der Waals surface area contributed by atoms with Gasteiger partial charge in [-0.3, -0.25) is 4.90 Å². The maximum atomic E-state index is 5.48. The molecule has 0 radical (unpaired) electrons. The highest BCUT2D eigenvalue weighted by Gasteiger charge is 2.25. The number of benzene rings is 1. The summed E-state index contributed by atoms with van der Waals surface area (Å²) in [5.74, 6) is 1.85. The number of hydrogen-bond donors (Lipinski definition) is 1. The molecular formula is C15H21ClN4O. The van der Waals surface area contributed by atoms with Gasteiger partial charge in [-0.1, -0.05) is 29.4 Å². The number of aryl methyl sites for hydroxylation is 1. The molecule has 2 heterocycles. The number of aromatic nitrogens is 2. The molecule has 5 nitrogen and oxygen atoms in total. The Bertz CT molecular complexity index is 587. The van der Waals surface area contributed by atoms with Crippen molar-refractivity contribution in [3.05, 3.63) is 47.1 Å². The number of likely N-dealkylation sites (tertiary alicyclic amines) is 1. The molecule has 1 saturated heterocycles. The van der Waals surface area contributed by atoms with Crippen LogP contribution in [-0.2, 0) is 13.1 Å². The Morgan fingerprint density at radius 3 is 2.90 bits per heavy atom. The average Bonchev–Trinajstić information content (AvgIpc) is 3.09. The summed E-state index contributed by atoms with van der Waals surface area (Å²) in [4.78, 5) is 6.64. The van der Waals surface area contributed by atoms with Gasteiger partial charge in [0.15, 0.2) is 5.82 Å². The van der Waals surface area contributed by atoms with E-state index < -0.39 is 0 Å². The summed E-state index contributed by atoms with van der Waals surface area (Å²) in [5.41, 5.74) is 8.32. The third kappa shape index (κ3) is 3.61. The minimum absolute atomic E-state index is 0. The van der Waals surface area contributed by atoms with E-state index in [0.29, 0.717) is 18.4 Å². The second-order valence-electron chi connectivity index (χ2n) is 5.39. The lowest BCUT2D eigenvalue weighted by atomic mass is 9.94. The van der Waals surface area contributed by atoms with E-state index in [2.05, 4.69) is 46.2 Å². The fourth-order valence-corrected chi connectivity index (χ4v) is 2.91. The molecule has 1 fully saturated rings. The van der Waals surface area contributed by atoms with Gasteiger partial charge >= 0.3 is 0 Å². The molecule has 0 amide bonds. The van der Waals surface area contributed by atoms with Crippen molar-refractivity contribution in [3.8, 4) is 0 Å². The SMILES string of the molecule is Cc1ccccc1C1CCN(Cc2noc(CN)n2)C1.Cl. The van der Waals surface area contributed by atoms with Crippen LogP contribution in [0.1, 0.15) is 35.2 Å². The Morgan fingerprint density at radius 1 is 1.38 bits per heavy atom. The highest BCUT2D eigenvalue weighted by Crippen LogP contribution is 2.29. The van der Waals surface area contributed by atoms with Crippen LogP contribution < -0.4 is 5.73 Å². The van der Waals surface area contributed by atoms with Crippen molar-refractivity contribution in [3.63, 3.8) is 0 Å². The molecule has 114 valence electrons. The molecule has 1 unspecified atom stereocenters. The van der Waals surface area contributed by atoms with Crippen LogP contribution in [0.4, 0.5) is 0 Å². The van der Waals surface area contributed by atoms with Gasteiger partial charge in [0, 0.05) is 6.54 Å². The van der Waals surface area contributed by atoms with Crippen LogP contribution >= 0.6 is 12.4 Å². The molecule has 3 rings (SSSR count). The largest absolute Gasteiger partial charge is 0.338 e. The van der Waals surface area contributed by atoms with E-state index in [-0.39, 0.29) is 12.4 Å². The monoisotopic (exact) mass is 308 g/mol. The van der Waals surface area contributed by atoms with Gasteiger partial charge in [-0.15, -0.1) is 12.4 Å². The molecule has 2 aromatic rings. The lowest BCUT2D eigenvalue weighted by molar-refractivity contribution is 0.306. The van der Waals surface area contributed by atoms with Crippen LogP contribution in [0.25, 0.3) is 0 Å². The summed E-state index contributed by atoms with van der Waals surface area (Å²) in [6, 6.07) is 8.64. The van der Waals surface area contributed by atoms with Gasteiger partial charge in [0.1, 0.15) is 0 Å². The third-order valence-electron chi connectivity index (χ3n) is 3.95. The highest BCUT2D eigenvalue weighted by molar-refractivity contribution is 5.85. The van der Waals surface area contributed by atoms with Crippen LogP contribution in [0.3, 0.4) is 0 Å². The number of nitrogens with zero attached hydrogens (tertiary/aromatic N) is 3. The number of hydrogen-bond acceptors (Lipinski definition) is 5. The van der Waals surface area contributed by atoms with Crippen molar-refractivity contribution in [2.75, 3.05) is 13.1 Å². The second kappa shape index (κ2) is 7.02. The van der Waals surface area contributed by atoms with E-state index >= 15 is 0 Å². The highest BCUT2D eigenvalue weighted by atomic mass is 35.5. The normalized spacial score (nSPS) is 18.7. The minimum atomic E-state index is 0. The zero-order valence-electron chi connectivity index (χ0n) is 12.2. The Labute approximate surface area is 130 Å². The van der Waals surface area contributed by atoms with Crippen molar-refractivity contribution in [2.45, 2.75) is 32.4 Å². The maximum absolute atomic E-state index is 5.48. The smallest absolute Gasteiger partial charge is 0.240 e. The summed E-state index contributed by atoms with van der Waals surface area (Å²) in [6.45, 7) is 5.36. The number of nitrogens with two attached hydrogens (primary N) is 1. The first-order valence-electron chi connectivity index (χ1n) is 7.05. The van der Waals surface area contributed by atoms with Crippen molar-refractivity contribution < 1.29 is 4.52 Å². The van der Waals surface area contributed by atoms with E-state index in [9.17, 15) is 0 Å². The lowest BCUT2D eigenvalue weighted by Crippen LogP contribution is -2.20. The Balaban J connectivity index is 0.00000161. The Hall–Kier alpha value is -1.43. The summed E-state index contributed by atoms with van der Waals surface area (Å²) in [7, 11) is 0. The summed E-state index contributed by atoms with van der Waals surface area (Å²) >= 11 is 0. The van der Waals surface area contributed by atoms with Gasteiger partial charge in [-0.2, -0.15) is 4.98 Å². The van der Waals surface area contributed by atoms with Crippen molar-refractivity contribution in [2.24, 2.45) is 5.73 Å². The fraction of sp³-hybridized carbons (Fsp3) is 0.467. The van der Waals surface area contributed by atoms with Crippen LogP contribution in [0, 0.1) is 6.92 Å². The molecule has 1 aliphatic rings. The molecule has 1 aliphatic heterocycles. The summed E-state index contributed by atoms with van der Waals surface area (Å²) in [6.07, 6.45) is 1.19. The van der Waals surface area contributed by atoms with E-state index in [4.69, 9.17) is 10.3 Å². The molecule has 6 heteroatoms. The molecule has 0 spiro atoms. The van der Waals surface area contributed by atoms with Crippen LogP contribution in [-0.4, -0.2) is 28.1 Å². The van der Waals surface area contributed by atoms with Gasteiger partial charge in [0.2, 0.25) is 5.89 Å². The first kappa shape index (κ1) is 15.9. The first-order chi connectivity index (χ1) is 9.76. The predicted octanol–water partition coefficient (Wildman–Crippen LogP) is 2.25. The molecule has 21 heavy (non-hydrogen) atoms. The molecule has 0 aliphatic carbocycles. The van der Waals surface area contributed by atoms with Crippen molar-refractivity contribution in [1.29, 1.82) is 0 Å². The second-order valence-corrected chi connectivity index (χ2v) is 5.39. The van der Waals surface area contributed by atoms with Gasteiger partial charge in [-0.05, 0) is 36.9 Å². The quantitative estimate of drug-likeness (QED) is 0.938. The maximum Gasteiger partial charge on any atom is 0.240 e. The molecule has 0 bridgehead atoms.